The van der Waals surface area contributed by atoms with E-state index in [1.54, 1.807) is 0 Å². The first-order chi connectivity index (χ1) is 15.2. The van der Waals surface area contributed by atoms with Gasteiger partial charge in [-0.15, -0.1) is 0 Å². The highest BCUT2D eigenvalue weighted by molar-refractivity contribution is 6.30. The number of nitrogens with zero attached hydrogens (tertiary/aromatic N) is 2. The van der Waals surface area contributed by atoms with E-state index in [4.69, 9.17) is 21.3 Å². The van der Waals surface area contributed by atoms with Crippen molar-refractivity contribution in [3.05, 3.63) is 101 Å². The van der Waals surface area contributed by atoms with Crippen LogP contribution in [0.2, 0.25) is 5.02 Å². The molecular formula is C25H20ClN3O2. The molecule has 0 fully saturated rings. The van der Waals surface area contributed by atoms with E-state index in [1.807, 2.05) is 85.8 Å². The molecule has 1 aromatic heterocycles. The number of esters is 1. The highest BCUT2D eigenvalue weighted by Gasteiger charge is 2.36. The van der Waals surface area contributed by atoms with Crippen molar-refractivity contribution in [2.75, 3.05) is 11.9 Å². The fourth-order valence-electron chi connectivity index (χ4n) is 4.05. The molecule has 1 aliphatic heterocycles. The second-order valence-corrected chi connectivity index (χ2v) is 7.68. The van der Waals surface area contributed by atoms with Crippen molar-refractivity contribution in [1.82, 2.24) is 9.55 Å². The minimum atomic E-state index is -0.421. The molecule has 6 heteroatoms. The first-order valence-electron chi connectivity index (χ1n) is 10.1. The summed E-state index contributed by atoms with van der Waals surface area (Å²) < 4.78 is 7.57. The summed E-state index contributed by atoms with van der Waals surface area (Å²) >= 11 is 6.16. The molecule has 1 atom stereocenters. The number of hydrogen-bond donors (Lipinski definition) is 1. The number of fused-ring (bicyclic) bond motifs is 3. The largest absolute Gasteiger partial charge is 0.463 e. The zero-order chi connectivity index (χ0) is 21.4. The summed E-state index contributed by atoms with van der Waals surface area (Å²) in [5, 5.41) is 4.05. The van der Waals surface area contributed by atoms with Crippen molar-refractivity contribution in [1.29, 1.82) is 0 Å². The van der Waals surface area contributed by atoms with Crippen LogP contribution in [0.15, 0.2) is 84.4 Å². The van der Waals surface area contributed by atoms with Crippen LogP contribution in [0.5, 0.6) is 0 Å². The molecule has 31 heavy (non-hydrogen) atoms. The van der Waals surface area contributed by atoms with Crippen LogP contribution in [0, 0.1) is 0 Å². The Morgan fingerprint density at radius 1 is 1.03 bits per heavy atom. The summed E-state index contributed by atoms with van der Waals surface area (Å²) in [4.78, 5) is 18.1. The lowest BCUT2D eigenvalue weighted by atomic mass is 9.92. The highest BCUT2D eigenvalue weighted by Crippen LogP contribution is 2.42. The number of aromatic nitrogens is 2. The van der Waals surface area contributed by atoms with E-state index in [0.717, 1.165) is 22.2 Å². The van der Waals surface area contributed by atoms with Gasteiger partial charge < -0.3 is 10.1 Å². The second-order valence-electron chi connectivity index (χ2n) is 7.25. The summed E-state index contributed by atoms with van der Waals surface area (Å²) in [5.74, 6) is 0.310. The summed E-state index contributed by atoms with van der Waals surface area (Å²) in [6.45, 7) is 2.10. The molecular weight excluding hydrogens is 410 g/mol. The van der Waals surface area contributed by atoms with Gasteiger partial charge in [0.1, 0.15) is 0 Å². The molecule has 1 aliphatic rings. The number of benzene rings is 3. The van der Waals surface area contributed by atoms with Crippen LogP contribution in [0.1, 0.15) is 24.1 Å². The average Bonchev–Trinajstić information content (AvgIpc) is 3.17. The first-order valence-corrected chi connectivity index (χ1v) is 10.5. The molecule has 0 aliphatic carbocycles. The Bertz CT molecular complexity index is 1290. The van der Waals surface area contributed by atoms with Gasteiger partial charge in [0.25, 0.3) is 0 Å². The van der Waals surface area contributed by atoms with Gasteiger partial charge in [0, 0.05) is 5.02 Å². The van der Waals surface area contributed by atoms with Crippen LogP contribution < -0.4 is 5.32 Å². The van der Waals surface area contributed by atoms with E-state index < -0.39 is 6.04 Å². The number of carbonyl (C=O) groups excluding carboxylic acids is 1. The Morgan fingerprint density at radius 3 is 2.48 bits per heavy atom. The zero-order valence-corrected chi connectivity index (χ0v) is 17.6. The Hall–Kier alpha value is -3.57. The van der Waals surface area contributed by atoms with Gasteiger partial charge >= 0.3 is 5.97 Å². The number of para-hydroxylation sites is 2. The van der Waals surface area contributed by atoms with E-state index in [1.165, 1.54) is 0 Å². The molecule has 4 aromatic rings. The van der Waals surface area contributed by atoms with Gasteiger partial charge in [-0.3, -0.25) is 4.57 Å². The van der Waals surface area contributed by atoms with Gasteiger partial charge in [-0.1, -0.05) is 66.2 Å². The minimum absolute atomic E-state index is 0.287. The monoisotopic (exact) mass is 429 g/mol. The van der Waals surface area contributed by atoms with Crippen LogP contribution in [0.3, 0.4) is 0 Å². The third-order valence-electron chi connectivity index (χ3n) is 5.38. The number of hydrogen-bond acceptors (Lipinski definition) is 4. The molecule has 0 saturated heterocycles. The summed E-state index contributed by atoms with van der Waals surface area (Å²) in [5.41, 5.74) is 4.82. The Morgan fingerprint density at radius 2 is 1.74 bits per heavy atom. The molecule has 0 radical (unpaired) electrons. The van der Waals surface area contributed by atoms with E-state index in [0.29, 0.717) is 22.2 Å². The van der Waals surface area contributed by atoms with E-state index in [-0.39, 0.29) is 12.6 Å². The van der Waals surface area contributed by atoms with Crippen LogP contribution in [-0.2, 0) is 9.53 Å². The number of imidazole rings is 1. The van der Waals surface area contributed by atoms with Crippen molar-refractivity contribution >= 4 is 40.2 Å². The second kappa shape index (κ2) is 7.93. The van der Waals surface area contributed by atoms with E-state index in [2.05, 4.69) is 9.88 Å². The number of nitrogens with one attached hydrogen (secondary N) is 1. The molecule has 0 saturated carbocycles. The summed E-state index contributed by atoms with van der Waals surface area (Å²) in [7, 11) is 0. The van der Waals surface area contributed by atoms with Crippen LogP contribution in [-0.4, -0.2) is 22.1 Å². The zero-order valence-electron chi connectivity index (χ0n) is 16.9. The fraction of sp³-hybridized carbons (Fsp3) is 0.120. The summed E-state index contributed by atoms with van der Waals surface area (Å²) in [6, 6.07) is 24.8. The van der Waals surface area contributed by atoms with Crippen LogP contribution >= 0.6 is 11.6 Å². The summed E-state index contributed by atoms with van der Waals surface area (Å²) in [6.07, 6.45) is 0. The molecule has 1 N–H and O–H groups in total. The predicted molar refractivity (Wildman–Crippen MR) is 123 cm³/mol. The third-order valence-corrected chi connectivity index (χ3v) is 5.63. The topological polar surface area (TPSA) is 56.1 Å². The fourth-order valence-corrected chi connectivity index (χ4v) is 4.18. The highest BCUT2D eigenvalue weighted by atomic mass is 35.5. The number of anilines is 1. The van der Waals surface area contributed by atoms with E-state index in [9.17, 15) is 4.79 Å². The van der Waals surface area contributed by atoms with Crippen molar-refractivity contribution in [3.63, 3.8) is 0 Å². The smallest absolute Gasteiger partial charge is 0.338 e. The van der Waals surface area contributed by atoms with Gasteiger partial charge in [0.2, 0.25) is 5.95 Å². The van der Waals surface area contributed by atoms with Gasteiger partial charge in [-0.05, 0) is 42.3 Å². The van der Waals surface area contributed by atoms with Crippen LogP contribution in [0.25, 0.3) is 16.7 Å². The molecule has 0 unspecified atom stereocenters. The maximum Gasteiger partial charge on any atom is 0.338 e. The maximum atomic E-state index is 13.3. The van der Waals surface area contributed by atoms with Crippen molar-refractivity contribution in [2.45, 2.75) is 13.0 Å². The van der Waals surface area contributed by atoms with Gasteiger partial charge in [-0.25, -0.2) is 9.78 Å². The third kappa shape index (κ3) is 3.37. The van der Waals surface area contributed by atoms with Crippen molar-refractivity contribution < 1.29 is 9.53 Å². The lowest BCUT2D eigenvalue weighted by Crippen LogP contribution is -2.29. The molecule has 3 aromatic carbocycles. The van der Waals surface area contributed by atoms with Gasteiger partial charge in [-0.2, -0.15) is 0 Å². The number of carbonyl (C=O) groups is 1. The standard InChI is InChI=1S/C25H20ClN3O2/c1-2-31-24(30)21-22(16-8-4-3-5-9-16)28-25-27-19-10-6-7-11-20(19)29(25)23(21)17-12-14-18(26)15-13-17/h3-15,23H,2H2,1H3,(H,27,28)/t23-/m0/s1. The molecule has 0 amide bonds. The van der Waals surface area contributed by atoms with E-state index >= 15 is 0 Å². The van der Waals surface area contributed by atoms with Crippen molar-refractivity contribution in [2.24, 2.45) is 0 Å². The molecule has 2 heterocycles. The van der Waals surface area contributed by atoms with Crippen molar-refractivity contribution in [3.8, 4) is 0 Å². The lowest BCUT2D eigenvalue weighted by Gasteiger charge is -2.31. The Labute approximate surface area is 184 Å². The number of rotatable bonds is 4. The SMILES string of the molecule is CCOC(=O)C1=C(c2ccccc2)Nc2nc3ccccc3n2[C@H]1c1ccc(Cl)cc1. The average molecular weight is 430 g/mol. The molecule has 5 rings (SSSR count). The van der Waals surface area contributed by atoms with Gasteiger partial charge in [0.15, 0.2) is 0 Å². The van der Waals surface area contributed by atoms with Crippen LogP contribution in [0.4, 0.5) is 5.95 Å². The molecule has 0 spiro atoms. The minimum Gasteiger partial charge on any atom is -0.463 e. The molecule has 154 valence electrons. The number of halogens is 1. The Balaban J connectivity index is 1.83. The Kier molecular flexibility index (Phi) is 4.96. The van der Waals surface area contributed by atoms with Gasteiger partial charge in [0.05, 0.1) is 35.0 Å². The number of ether oxygens (including phenoxy) is 1. The predicted octanol–water partition coefficient (Wildman–Crippen LogP) is 5.68. The lowest BCUT2D eigenvalue weighted by molar-refractivity contribution is -0.138. The normalized spacial score (nSPS) is 15.5. The first kappa shape index (κ1) is 19.4. The molecule has 5 nitrogen and oxygen atoms in total. The quantitative estimate of drug-likeness (QED) is 0.424. The maximum absolute atomic E-state index is 13.3. The molecule has 0 bridgehead atoms.